The minimum atomic E-state index is -0.952. The lowest BCUT2D eigenvalue weighted by Crippen LogP contribution is -2.35. The van der Waals surface area contributed by atoms with E-state index in [0.717, 1.165) is 4.90 Å². The molecular formula is C9H13NO5. The zero-order valence-electron chi connectivity index (χ0n) is 8.69. The second kappa shape index (κ2) is 4.88. The van der Waals surface area contributed by atoms with Crippen LogP contribution in [0.15, 0.2) is 0 Å². The fourth-order valence-electron chi connectivity index (χ4n) is 1.36. The second-order valence-corrected chi connectivity index (χ2v) is 3.18. The van der Waals surface area contributed by atoms with Crippen LogP contribution in [0.2, 0.25) is 0 Å². The summed E-state index contributed by atoms with van der Waals surface area (Å²) in [5.41, 5.74) is 0. The SMILES string of the molecule is COCCN1C(=O)C[C@@H](OC(C)=O)C1=O. The molecule has 0 aromatic carbocycles. The third kappa shape index (κ3) is 2.76. The van der Waals surface area contributed by atoms with E-state index in [1.54, 1.807) is 0 Å². The molecule has 0 radical (unpaired) electrons. The average Bonchev–Trinajstić information content (AvgIpc) is 2.39. The van der Waals surface area contributed by atoms with Gasteiger partial charge in [-0.2, -0.15) is 0 Å². The van der Waals surface area contributed by atoms with Crippen molar-refractivity contribution in [2.75, 3.05) is 20.3 Å². The van der Waals surface area contributed by atoms with E-state index in [0.29, 0.717) is 0 Å². The summed E-state index contributed by atoms with van der Waals surface area (Å²) in [6, 6.07) is 0. The smallest absolute Gasteiger partial charge is 0.303 e. The number of nitrogens with zero attached hydrogens (tertiary/aromatic N) is 1. The largest absolute Gasteiger partial charge is 0.452 e. The van der Waals surface area contributed by atoms with Crippen molar-refractivity contribution in [1.82, 2.24) is 4.90 Å². The molecule has 0 unspecified atom stereocenters. The minimum absolute atomic E-state index is 0.0673. The van der Waals surface area contributed by atoms with Crippen LogP contribution < -0.4 is 0 Å². The van der Waals surface area contributed by atoms with E-state index in [1.807, 2.05) is 0 Å². The van der Waals surface area contributed by atoms with E-state index in [1.165, 1.54) is 14.0 Å². The van der Waals surface area contributed by atoms with E-state index >= 15 is 0 Å². The van der Waals surface area contributed by atoms with Gasteiger partial charge >= 0.3 is 5.97 Å². The first kappa shape index (κ1) is 11.6. The van der Waals surface area contributed by atoms with Gasteiger partial charge in [0.2, 0.25) is 5.91 Å². The monoisotopic (exact) mass is 215 g/mol. The van der Waals surface area contributed by atoms with Crippen molar-refractivity contribution in [2.24, 2.45) is 0 Å². The van der Waals surface area contributed by atoms with Gasteiger partial charge in [-0.05, 0) is 0 Å². The molecular weight excluding hydrogens is 202 g/mol. The molecule has 1 saturated heterocycles. The summed E-state index contributed by atoms with van der Waals surface area (Å²) in [6.45, 7) is 1.69. The maximum Gasteiger partial charge on any atom is 0.303 e. The molecule has 1 fully saturated rings. The normalized spacial score (nSPS) is 20.9. The number of methoxy groups -OCH3 is 1. The lowest BCUT2D eigenvalue weighted by Gasteiger charge is -2.13. The number of rotatable bonds is 4. The molecule has 1 aliphatic heterocycles. The van der Waals surface area contributed by atoms with Crippen molar-refractivity contribution >= 4 is 17.8 Å². The Morgan fingerprint density at radius 3 is 2.73 bits per heavy atom. The summed E-state index contributed by atoms with van der Waals surface area (Å²) in [4.78, 5) is 34.6. The third-order valence-electron chi connectivity index (χ3n) is 2.03. The number of esters is 1. The van der Waals surface area contributed by atoms with E-state index in [2.05, 4.69) is 0 Å². The van der Waals surface area contributed by atoms with E-state index < -0.39 is 18.0 Å². The number of ether oxygens (including phenoxy) is 2. The van der Waals surface area contributed by atoms with E-state index in [4.69, 9.17) is 9.47 Å². The summed E-state index contributed by atoms with van der Waals surface area (Å²) in [6.07, 6.45) is -1.02. The van der Waals surface area contributed by atoms with E-state index in [-0.39, 0.29) is 25.5 Å². The zero-order valence-corrected chi connectivity index (χ0v) is 8.69. The molecule has 0 spiro atoms. The van der Waals surface area contributed by atoms with Crippen molar-refractivity contribution in [1.29, 1.82) is 0 Å². The third-order valence-corrected chi connectivity index (χ3v) is 2.03. The van der Waals surface area contributed by atoms with Gasteiger partial charge in [-0.25, -0.2) is 0 Å². The molecule has 0 aromatic heterocycles. The van der Waals surface area contributed by atoms with Gasteiger partial charge in [0, 0.05) is 14.0 Å². The maximum atomic E-state index is 11.5. The molecule has 1 rings (SSSR count). The first-order valence-electron chi connectivity index (χ1n) is 4.56. The van der Waals surface area contributed by atoms with Gasteiger partial charge in [-0.15, -0.1) is 0 Å². The fourth-order valence-corrected chi connectivity index (χ4v) is 1.36. The predicted octanol–water partition coefficient (Wildman–Crippen LogP) is -0.677. The van der Waals surface area contributed by atoms with Gasteiger partial charge in [-0.1, -0.05) is 0 Å². The molecule has 1 atom stereocenters. The molecule has 0 N–H and O–H groups in total. The first-order chi connectivity index (χ1) is 7.06. The topological polar surface area (TPSA) is 72.9 Å². The van der Waals surface area contributed by atoms with Crippen LogP contribution in [0.5, 0.6) is 0 Å². The Morgan fingerprint density at radius 2 is 2.20 bits per heavy atom. The Morgan fingerprint density at radius 1 is 1.53 bits per heavy atom. The van der Waals surface area contributed by atoms with Crippen LogP contribution in [-0.2, 0) is 23.9 Å². The Kier molecular flexibility index (Phi) is 3.79. The molecule has 0 bridgehead atoms. The number of carbonyl (C=O) groups is 3. The van der Waals surface area contributed by atoms with Crippen molar-refractivity contribution < 1.29 is 23.9 Å². The number of hydrogen-bond donors (Lipinski definition) is 0. The highest BCUT2D eigenvalue weighted by atomic mass is 16.5. The summed E-state index contributed by atoms with van der Waals surface area (Å²) in [7, 11) is 1.48. The highest BCUT2D eigenvalue weighted by molar-refractivity contribution is 6.05. The number of amides is 2. The number of likely N-dealkylation sites (tertiary alicyclic amines) is 1. The van der Waals surface area contributed by atoms with Crippen molar-refractivity contribution in [3.63, 3.8) is 0 Å². The molecule has 1 heterocycles. The lowest BCUT2D eigenvalue weighted by molar-refractivity contribution is -0.154. The second-order valence-electron chi connectivity index (χ2n) is 3.18. The van der Waals surface area contributed by atoms with Gasteiger partial charge < -0.3 is 9.47 Å². The summed E-state index contributed by atoms with van der Waals surface area (Å²) >= 11 is 0. The van der Waals surface area contributed by atoms with Gasteiger partial charge in [-0.3, -0.25) is 19.3 Å². The molecule has 6 nitrogen and oxygen atoms in total. The fraction of sp³-hybridized carbons (Fsp3) is 0.667. The van der Waals surface area contributed by atoms with Gasteiger partial charge in [0.25, 0.3) is 5.91 Å². The Bertz CT molecular complexity index is 288. The van der Waals surface area contributed by atoms with Crippen LogP contribution in [0.25, 0.3) is 0 Å². The van der Waals surface area contributed by atoms with Gasteiger partial charge in [0.15, 0.2) is 6.10 Å². The van der Waals surface area contributed by atoms with Crippen LogP contribution in [0.3, 0.4) is 0 Å². The van der Waals surface area contributed by atoms with Crippen LogP contribution in [0.1, 0.15) is 13.3 Å². The maximum absolute atomic E-state index is 11.5. The van der Waals surface area contributed by atoms with E-state index in [9.17, 15) is 14.4 Å². The summed E-state index contributed by atoms with van der Waals surface area (Å²) in [5.74, 6) is -1.36. The molecule has 0 aromatic rings. The Balaban J connectivity index is 2.58. The van der Waals surface area contributed by atoms with Crippen LogP contribution in [0.4, 0.5) is 0 Å². The molecule has 1 aliphatic rings. The number of carbonyl (C=O) groups excluding carboxylic acids is 3. The minimum Gasteiger partial charge on any atom is -0.452 e. The van der Waals surface area contributed by atoms with Gasteiger partial charge in [0.05, 0.1) is 19.6 Å². The summed E-state index contributed by atoms with van der Waals surface area (Å²) in [5, 5.41) is 0. The Labute approximate surface area is 87.1 Å². The molecule has 84 valence electrons. The molecule has 2 amide bonds. The van der Waals surface area contributed by atoms with Crippen molar-refractivity contribution in [3.05, 3.63) is 0 Å². The van der Waals surface area contributed by atoms with Crippen LogP contribution in [0, 0.1) is 0 Å². The molecule has 15 heavy (non-hydrogen) atoms. The number of hydrogen-bond acceptors (Lipinski definition) is 5. The molecule has 0 saturated carbocycles. The average molecular weight is 215 g/mol. The zero-order chi connectivity index (χ0) is 11.4. The number of imide groups is 1. The van der Waals surface area contributed by atoms with Crippen LogP contribution in [-0.4, -0.2) is 49.0 Å². The highest BCUT2D eigenvalue weighted by Crippen LogP contribution is 2.15. The predicted molar refractivity (Wildman–Crippen MR) is 48.8 cm³/mol. The molecule has 6 heteroatoms. The van der Waals surface area contributed by atoms with Crippen molar-refractivity contribution in [2.45, 2.75) is 19.4 Å². The quantitative estimate of drug-likeness (QED) is 0.459. The highest BCUT2D eigenvalue weighted by Gasteiger charge is 2.40. The first-order valence-corrected chi connectivity index (χ1v) is 4.56. The Hall–Kier alpha value is -1.43. The summed E-state index contributed by atoms with van der Waals surface area (Å²) < 4.78 is 9.48. The van der Waals surface area contributed by atoms with Crippen molar-refractivity contribution in [3.8, 4) is 0 Å². The van der Waals surface area contributed by atoms with Gasteiger partial charge in [0.1, 0.15) is 0 Å². The molecule has 0 aliphatic carbocycles. The lowest BCUT2D eigenvalue weighted by atomic mass is 10.3. The van der Waals surface area contributed by atoms with Crippen LogP contribution >= 0.6 is 0 Å². The standard InChI is InChI=1S/C9H13NO5/c1-6(11)15-7-5-8(12)10(9(7)13)3-4-14-2/h7H,3-5H2,1-2H3/t7-/m1/s1.